The van der Waals surface area contributed by atoms with E-state index < -0.39 is 10.0 Å². The Morgan fingerprint density at radius 3 is 2.74 bits per heavy atom. The number of halogens is 1. The molecule has 6 nitrogen and oxygen atoms in total. The zero-order valence-electron chi connectivity index (χ0n) is 12.2. The van der Waals surface area contributed by atoms with Gasteiger partial charge in [-0.2, -0.15) is 0 Å². The van der Waals surface area contributed by atoms with Gasteiger partial charge >= 0.3 is 0 Å². The second-order valence-electron chi connectivity index (χ2n) is 4.49. The van der Waals surface area contributed by atoms with Gasteiger partial charge in [0, 0.05) is 24.7 Å². The molecule has 0 unspecified atom stereocenters. The van der Waals surface area contributed by atoms with Crippen molar-refractivity contribution < 1.29 is 17.9 Å². The molecule has 0 spiro atoms. The lowest BCUT2D eigenvalue weighted by atomic mass is 10.3. The highest BCUT2D eigenvalue weighted by molar-refractivity contribution is 9.11. The van der Waals surface area contributed by atoms with Crippen LogP contribution in [0.2, 0.25) is 0 Å². The van der Waals surface area contributed by atoms with Crippen molar-refractivity contribution in [1.82, 2.24) is 4.72 Å². The number of hydrogen-bond acceptors (Lipinski definition) is 5. The molecule has 124 valence electrons. The number of carbonyl (C=O) groups excluding carboxylic acids is 1. The SMILES string of the molecule is COc1cccc(NC(=O)CCNS(=O)(=O)c2ccc(Br)s2)c1. The van der Waals surface area contributed by atoms with Crippen LogP contribution < -0.4 is 14.8 Å². The van der Waals surface area contributed by atoms with E-state index in [1.165, 1.54) is 6.07 Å². The highest BCUT2D eigenvalue weighted by Crippen LogP contribution is 2.25. The Kier molecular flexibility index (Phi) is 6.17. The van der Waals surface area contributed by atoms with Gasteiger partial charge in [0.05, 0.1) is 10.9 Å². The van der Waals surface area contributed by atoms with Crippen molar-refractivity contribution in [3.8, 4) is 5.75 Å². The van der Waals surface area contributed by atoms with Crippen LogP contribution >= 0.6 is 27.3 Å². The van der Waals surface area contributed by atoms with Crippen LogP contribution in [0.1, 0.15) is 6.42 Å². The molecule has 0 fully saturated rings. The van der Waals surface area contributed by atoms with E-state index in [4.69, 9.17) is 4.74 Å². The molecule has 0 radical (unpaired) electrons. The smallest absolute Gasteiger partial charge is 0.250 e. The Hall–Kier alpha value is -1.42. The number of rotatable bonds is 7. The molecule has 0 bridgehead atoms. The molecule has 0 atom stereocenters. The summed E-state index contributed by atoms with van der Waals surface area (Å²) in [6, 6.07) is 10.1. The number of carbonyl (C=O) groups is 1. The standard InChI is InChI=1S/C14H15BrN2O4S2/c1-21-11-4-2-3-10(9-11)17-13(18)7-8-16-23(19,20)14-6-5-12(15)22-14/h2-6,9,16H,7-8H2,1H3,(H,17,18). The molecule has 2 rings (SSSR count). The van der Waals surface area contributed by atoms with Gasteiger partial charge in [-0.3, -0.25) is 4.79 Å². The van der Waals surface area contributed by atoms with Crippen LogP contribution in [0.3, 0.4) is 0 Å². The fourth-order valence-corrected chi connectivity index (χ4v) is 4.82. The minimum absolute atomic E-state index is 0.0215. The molecule has 2 N–H and O–H groups in total. The van der Waals surface area contributed by atoms with Crippen LogP contribution in [0.15, 0.2) is 44.4 Å². The van der Waals surface area contributed by atoms with Crippen LogP contribution in [0.25, 0.3) is 0 Å². The van der Waals surface area contributed by atoms with E-state index in [-0.39, 0.29) is 23.1 Å². The molecule has 1 aromatic heterocycles. The van der Waals surface area contributed by atoms with Crippen LogP contribution in [-0.2, 0) is 14.8 Å². The monoisotopic (exact) mass is 418 g/mol. The molecule has 1 amide bonds. The number of anilines is 1. The van der Waals surface area contributed by atoms with Crippen LogP contribution in [-0.4, -0.2) is 28.0 Å². The van der Waals surface area contributed by atoms with Gasteiger partial charge in [0.2, 0.25) is 15.9 Å². The topological polar surface area (TPSA) is 84.5 Å². The predicted octanol–water partition coefficient (Wildman–Crippen LogP) is 2.83. The first-order valence-electron chi connectivity index (χ1n) is 6.59. The molecular weight excluding hydrogens is 404 g/mol. The molecule has 0 aliphatic heterocycles. The van der Waals surface area contributed by atoms with Crippen LogP contribution in [0, 0.1) is 0 Å². The number of ether oxygens (including phenoxy) is 1. The summed E-state index contributed by atoms with van der Waals surface area (Å²) < 4.78 is 32.4. The molecule has 9 heteroatoms. The fraction of sp³-hybridized carbons (Fsp3) is 0.214. The van der Waals surface area contributed by atoms with Crippen molar-refractivity contribution in [1.29, 1.82) is 0 Å². The number of nitrogens with one attached hydrogen (secondary N) is 2. The van der Waals surface area contributed by atoms with Gasteiger partial charge < -0.3 is 10.1 Å². The first kappa shape index (κ1) is 17.9. The maximum atomic E-state index is 12.0. The maximum Gasteiger partial charge on any atom is 0.250 e. The Bertz CT molecular complexity index is 790. The zero-order valence-corrected chi connectivity index (χ0v) is 15.4. The van der Waals surface area contributed by atoms with Crippen molar-refractivity contribution in [2.75, 3.05) is 19.0 Å². The maximum absolute atomic E-state index is 12.0. The summed E-state index contributed by atoms with van der Waals surface area (Å²) in [7, 11) is -2.04. The molecular formula is C14H15BrN2O4S2. The van der Waals surface area contributed by atoms with Crippen molar-refractivity contribution in [3.05, 3.63) is 40.2 Å². The number of amides is 1. The van der Waals surface area contributed by atoms with E-state index in [0.717, 1.165) is 15.1 Å². The quantitative estimate of drug-likeness (QED) is 0.723. The van der Waals surface area contributed by atoms with Crippen molar-refractivity contribution in [2.24, 2.45) is 0 Å². The summed E-state index contributed by atoms with van der Waals surface area (Å²) in [5.74, 6) is 0.347. The molecule has 23 heavy (non-hydrogen) atoms. The summed E-state index contributed by atoms with van der Waals surface area (Å²) in [6.07, 6.45) is 0.0307. The van der Waals surface area contributed by atoms with Gasteiger partial charge in [0.25, 0.3) is 0 Å². The summed E-state index contributed by atoms with van der Waals surface area (Å²) in [6.45, 7) is 0.0215. The normalized spacial score (nSPS) is 11.2. The molecule has 0 saturated heterocycles. The Morgan fingerprint density at radius 1 is 1.30 bits per heavy atom. The average molecular weight is 419 g/mol. The van der Waals surface area contributed by atoms with Gasteiger partial charge in [0.15, 0.2) is 0 Å². The second-order valence-corrected chi connectivity index (χ2v) is 8.94. The zero-order chi connectivity index (χ0) is 16.9. The molecule has 1 aromatic carbocycles. The number of thiophene rings is 1. The summed E-state index contributed by atoms with van der Waals surface area (Å²) in [5.41, 5.74) is 0.597. The van der Waals surface area contributed by atoms with E-state index in [0.29, 0.717) is 11.4 Å². The molecule has 0 aliphatic rings. The first-order valence-corrected chi connectivity index (χ1v) is 9.69. The number of benzene rings is 1. The van der Waals surface area contributed by atoms with E-state index in [1.807, 2.05) is 0 Å². The number of methoxy groups -OCH3 is 1. The Balaban J connectivity index is 1.85. The molecule has 2 aromatic rings. The lowest BCUT2D eigenvalue weighted by molar-refractivity contribution is -0.116. The number of sulfonamides is 1. The van der Waals surface area contributed by atoms with Gasteiger partial charge in [-0.05, 0) is 40.2 Å². The lowest BCUT2D eigenvalue weighted by Crippen LogP contribution is -2.27. The highest BCUT2D eigenvalue weighted by atomic mass is 79.9. The summed E-state index contributed by atoms with van der Waals surface area (Å²) in [5, 5.41) is 2.69. The minimum Gasteiger partial charge on any atom is -0.497 e. The largest absolute Gasteiger partial charge is 0.497 e. The van der Waals surface area contributed by atoms with Gasteiger partial charge in [-0.15, -0.1) is 11.3 Å². The Morgan fingerprint density at radius 2 is 2.09 bits per heavy atom. The van der Waals surface area contributed by atoms with Gasteiger partial charge in [-0.25, -0.2) is 13.1 Å². The summed E-state index contributed by atoms with van der Waals surface area (Å²) >= 11 is 4.33. The van der Waals surface area contributed by atoms with Crippen molar-refractivity contribution in [3.63, 3.8) is 0 Å². The highest BCUT2D eigenvalue weighted by Gasteiger charge is 2.16. The molecule has 0 aliphatic carbocycles. The number of hydrogen-bond donors (Lipinski definition) is 2. The van der Waals surface area contributed by atoms with E-state index in [1.54, 1.807) is 37.4 Å². The van der Waals surface area contributed by atoms with Crippen molar-refractivity contribution in [2.45, 2.75) is 10.6 Å². The second kappa shape index (κ2) is 7.91. The van der Waals surface area contributed by atoms with Gasteiger partial charge in [-0.1, -0.05) is 6.07 Å². The van der Waals surface area contributed by atoms with E-state index >= 15 is 0 Å². The van der Waals surface area contributed by atoms with E-state index in [2.05, 4.69) is 26.0 Å². The predicted molar refractivity (Wildman–Crippen MR) is 93.4 cm³/mol. The van der Waals surface area contributed by atoms with Gasteiger partial charge in [0.1, 0.15) is 9.96 Å². The summed E-state index contributed by atoms with van der Waals surface area (Å²) in [4.78, 5) is 11.8. The third kappa shape index (κ3) is 5.31. The van der Waals surface area contributed by atoms with E-state index in [9.17, 15) is 13.2 Å². The van der Waals surface area contributed by atoms with Crippen molar-refractivity contribution >= 4 is 48.9 Å². The molecule has 0 saturated carbocycles. The molecule has 1 heterocycles. The minimum atomic E-state index is -3.58. The van der Waals surface area contributed by atoms with Crippen LogP contribution in [0.4, 0.5) is 5.69 Å². The third-order valence-electron chi connectivity index (χ3n) is 2.81. The lowest BCUT2D eigenvalue weighted by Gasteiger charge is -2.07. The fourth-order valence-electron chi connectivity index (χ4n) is 1.74. The third-order valence-corrected chi connectivity index (χ3v) is 6.39. The average Bonchev–Trinajstić information content (AvgIpc) is 2.94. The Labute approximate surface area is 147 Å². The first-order chi connectivity index (χ1) is 10.9. The van der Waals surface area contributed by atoms with Crippen LogP contribution in [0.5, 0.6) is 5.75 Å².